The van der Waals surface area contributed by atoms with Crippen molar-refractivity contribution in [1.29, 1.82) is 0 Å². The van der Waals surface area contributed by atoms with Gasteiger partial charge in [0.15, 0.2) is 5.96 Å². The summed E-state index contributed by atoms with van der Waals surface area (Å²) in [5.74, 6) is 1.71. The average Bonchev–Trinajstić information content (AvgIpc) is 2.70. The molecule has 7 nitrogen and oxygen atoms in total. The van der Waals surface area contributed by atoms with Crippen molar-refractivity contribution in [3.8, 4) is 5.75 Å². The third kappa shape index (κ3) is 10.9. The van der Waals surface area contributed by atoms with Gasteiger partial charge >= 0.3 is 0 Å². The van der Waals surface area contributed by atoms with Crippen molar-refractivity contribution in [2.24, 2.45) is 4.99 Å². The summed E-state index contributed by atoms with van der Waals surface area (Å²) in [7, 11) is 1.68. The molecule has 0 radical (unpaired) electrons. The van der Waals surface area contributed by atoms with E-state index in [0.717, 1.165) is 56.4 Å². The van der Waals surface area contributed by atoms with E-state index in [2.05, 4.69) is 61.4 Å². The first-order valence-electron chi connectivity index (χ1n) is 11.1. The van der Waals surface area contributed by atoms with Crippen molar-refractivity contribution in [3.05, 3.63) is 29.3 Å². The number of halogens is 1. The van der Waals surface area contributed by atoms with Gasteiger partial charge in [-0.15, -0.1) is 24.0 Å². The maximum absolute atomic E-state index is 5.88. The van der Waals surface area contributed by atoms with Gasteiger partial charge in [0.2, 0.25) is 0 Å². The van der Waals surface area contributed by atoms with Crippen molar-refractivity contribution in [1.82, 2.24) is 15.5 Å². The molecule has 1 heterocycles. The molecule has 8 heteroatoms. The number of benzene rings is 1. The molecule has 0 saturated carbocycles. The summed E-state index contributed by atoms with van der Waals surface area (Å²) < 4.78 is 16.8. The van der Waals surface area contributed by atoms with Crippen molar-refractivity contribution in [2.75, 3.05) is 53.0 Å². The van der Waals surface area contributed by atoms with Crippen LogP contribution in [0.1, 0.15) is 38.3 Å². The number of rotatable bonds is 11. The maximum Gasteiger partial charge on any atom is 0.191 e. The van der Waals surface area contributed by atoms with Crippen LogP contribution in [0.2, 0.25) is 0 Å². The smallest absolute Gasteiger partial charge is 0.191 e. The standard InChI is InChI=1S/C23H40N4O3.HI/c1-6-24-23(25-10-7-11-27-16-19(3)30-20(4)17-27)26-15-21-9-8-18(2)14-22(21)29-13-12-28-5;/h8-9,14,19-20H,6-7,10-13,15-17H2,1-5H3,(H2,24,25,26);1H. The Labute approximate surface area is 205 Å². The number of hydrogen-bond acceptors (Lipinski definition) is 5. The fourth-order valence-corrected chi connectivity index (χ4v) is 3.64. The third-order valence-electron chi connectivity index (χ3n) is 4.96. The molecule has 1 saturated heterocycles. The monoisotopic (exact) mass is 548 g/mol. The zero-order chi connectivity index (χ0) is 21.8. The first-order chi connectivity index (χ1) is 14.5. The highest BCUT2D eigenvalue weighted by Gasteiger charge is 2.21. The normalized spacial score (nSPS) is 19.6. The van der Waals surface area contributed by atoms with Crippen molar-refractivity contribution in [2.45, 2.75) is 52.9 Å². The molecule has 2 N–H and O–H groups in total. The van der Waals surface area contributed by atoms with Crippen LogP contribution >= 0.6 is 24.0 Å². The van der Waals surface area contributed by atoms with Crippen LogP contribution in [0.5, 0.6) is 5.75 Å². The molecule has 31 heavy (non-hydrogen) atoms. The lowest BCUT2D eigenvalue weighted by atomic mass is 10.1. The number of aliphatic imine (C=N–C) groups is 1. The van der Waals surface area contributed by atoms with E-state index in [1.54, 1.807) is 7.11 Å². The molecule has 178 valence electrons. The summed E-state index contributed by atoms with van der Waals surface area (Å²) in [6.07, 6.45) is 1.70. The van der Waals surface area contributed by atoms with Gasteiger partial charge in [0.1, 0.15) is 12.4 Å². The van der Waals surface area contributed by atoms with Crippen molar-refractivity contribution < 1.29 is 14.2 Å². The predicted molar refractivity (Wildman–Crippen MR) is 138 cm³/mol. The largest absolute Gasteiger partial charge is 0.491 e. The molecular weight excluding hydrogens is 507 g/mol. The Bertz CT molecular complexity index is 650. The molecule has 0 spiro atoms. The molecule has 2 unspecified atom stereocenters. The van der Waals surface area contributed by atoms with E-state index >= 15 is 0 Å². The summed E-state index contributed by atoms with van der Waals surface area (Å²) >= 11 is 0. The first-order valence-corrected chi connectivity index (χ1v) is 11.1. The fourth-order valence-electron chi connectivity index (χ4n) is 3.64. The van der Waals surface area contributed by atoms with E-state index in [0.29, 0.717) is 32.0 Å². The first kappa shape index (κ1) is 27.9. The van der Waals surface area contributed by atoms with Gasteiger partial charge in [-0.1, -0.05) is 12.1 Å². The van der Waals surface area contributed by atoms with E-state index in [-0.39, 0.29) is 24.0 Å². The van der Waals surface area contributed by atoms with E-state index in [9.17, 15) is 0 Å². The van der Waals surface area contributed by atoms with E-state index in [4.69, 9.17) is 19.2 Å². The van der Waals surface area contributed by atoms with Crippen LogP contribution in [0.3, 0.4) is 0 Å². The average molecular weight is 549 g/mol. The lowest BCUT2D eigenvalue weighted by Gasteiger charge is -2.35. The zero-order valence-corrected chi connectivity index (χ0v) is 22.1. The van der Waals surface area contributed by atoms with E-state index in [1.165, 1.54) is 5.56 Å². The highest BCUT2D eigenvalue weighted by Crippen LogP contribution is 2.21. The fraction of sp³-hybridized carbons (Fsp3) is 0.696. The van der Waals surface area contributed by atoms with Crippen LogP contribution in [0.25, 0.3) is 0 Å². The number of aryl methyl sites for hydroxylation is 1. The summed E-state index contributed by atoms with van der Waals surface area (Å²) in [4.78, 5) is 7.25. The molecule has 2 atom stereocenters. The molecule has 1 aromatic rings. The van der Waals surface area contributed by atoms with Crippen LogP contribution in [-0.4, -0.2) is 76.1 Å². The SMILES string of the molecule is CCNC(=NCc1ccc(C)cc1OCCOC)NCCCN1CC(C)OC(C)C1.I. The predicted octanol–water partition coefficient (Wildman–Crippen LogP) is 3.19. The van der Waals surface area contributed by atoms with Crippen molar-refractivity contribution in [3.63, 3.8) is 0 Å². The van der Waals surface area contributed by atoms with Crippen LogP contribution in [0, 0.1) is 6.92 Å². The summed E-state index contributed by atoms with van der Waals surface area (Å²) in [6, 6.07) is 6.25. The van der Waals surface area contributed by atoms with Gasteiger partial charge in [-0.2, -0.15) is 0 Å². The molecule has 1 aromatic carbocycles. The Morgan fingerprint density at radius 1 is 1.19 bits per heavy atom. The van der Waals surface area contributed by atoms with Gasteiger partial charge in [0.25, 0.3) is 0 Å². The lowest BCUT2D eigenvalue weighted by molar-refractivity contribution is -0.0679. The highest BCUT2D eigenvalue weighted by molar-refractivity contribution is 14.0. The molecule has 0 amide bonds. The zero-order valence-electron chi connectivity index (χ0n) is 19.8. The second kappa shape index (κ2) is 15.7. The molecule has 1 aliphatic rings. The van der Waals surface area contributed by atoms with Crippen LogP contribution in [-0.2, 0) is 16.0 Å². The minimum atomic E-state index is 0. The van der Waals surface area contributed by atoms with Gasteiger partial charge in [0, 0.05) is 45.4 Å². The Hall–Kier alpha value is -1.10. The quantitative estimate of drug-likeness (QED) is 0.192. The topological polar surface area (TPSA) is 67.4 Å². The van der Waals surface area contributed by atoms with Gasteiger partial charge in [-0.3, -0.25) is 4.90 Å². The number of morpholine rings is 1. The van der Waals surface area contributed by atoms with E-state index in [1.807, 2.05) is 0 Å². The highest BCUT2D eigenvalue weighted by atomic mass is 127. The summed E-state index contributed by atoms with van der Waals surface area (Å²) in [5.41, 5.74) is 2.25. The number of nitrogens with one attached hydrogen (secondary N) is 2. The molecule has 1 aliphatic heterocycles. The summed E-state index contributed by atoms with van der Waals surface area (Å²) in [5, 5.41) is 6.79. The van der Waals surface area contributed by atoms with Gasteiger partial charge < -0.3 is 24.8 Å². The van der Waals surface area contributed by atoms with Crippen LogP contribution in [0.15, 0.2) is 23.2 Å². The van der Waals surface area contributed by atoms with Crippen LogP contribution < -0.4 is 15.4 Å². The Balaban J connectivity index is 0.00000480. The number of nitrogens with zero attached hydrogens (tertiary/aromatic N) is 2. The Kier molecular flexibility index (Phi) is 14.1. The maximum atomic E-state index is 5.88. The molecular formula is C23H41IN4O3. The van der Waals surface area contributed by atoms with Crippen molar-refractivity contribution >= 4 is 29.9 Å². The van der Waals surface area contributed by atoms with Crippen LogP contribution in [0.4, 0.5) is 0 Å². The Morgan fingerprint density at radius 2 is 1.94 bits per heavy atom. The Morgan fingerprint density at radius 3 is 2.61 bits per heavy atom. The number of ether oxygens (including phenoxy) is 3. The number of hydrogen-bond donors (Lipinski definition) is 2. The van der Waals surface area contributed by atoms with Gasteiger partial charge in [0.05, 0.1) is 25.4 Å². The number of methoxy groups -OCH3 is 1. The second-order valence-corrected chi connectivity index (χ2v) is 7.94. The second-order valence-electron chi connectivity index (χ2n) is 7.94. The molecule has 0 aromatic heterocycles. The third-order valence-corrected chi connectivity index (χ3v) is 4.96. The molecule has 0 bridgehead atoms. The minimum absolute atomic E-state index is 0. The van der Waals surface area contributed by atoms with Gasteiger partial charge in [-0.05, 0) is 45.7 Å². The molecule has 1 fully saturated rings. The molecule has 2 rings (SSSR count). The van der Waals surface area contributed by atoms with E-state index < -0.39 is 0 Å². The number of guanidine groups is 1. The summed E-state index contributed by atoms with van der Waals surface area (Å²) in [6.45, 7) is 14.9. The molecule has 0 aliphatic carbocycles. The lowest BCUT2D eigenvalue weighted by Crippen LogP contribution is -2.46. The van der Waals surface area contributed by atoms with Gasteiger partial charge in [-0.25, -0.2) is 4.99 Å². The minimum Gasteiger partial charge on any atom is -0.491 e.